The molecule has 1 aliphatic rings. The maximum absolute atomic E-state index is 13.1. The highest BCUT2D eigenvalue weighted by Crippen LogP contribution is 2.40. The molecule has 0 bridgehead atoms. The van der Waals surface area contributed by atoms with Crippen molar-refractivity contribution in [3.8, 4) is 17.2 Å². The van der Waals surface area contributed by atoms with E-state index in [0.29, 0.717) is 27.7 Å². The second kappa shape index (κ2) is 8.41. The summed E-state index contributed by atoms with van der Waals surface area (Å²) in [6.07, 6.45) is 4.23. The molecular formula is C21H27NO5S. The number of hydrogen-bond acceptors (Lipinski definition) is 5. The van der Waals surface area contributed by atoms with Gasteiger partial charge in [-0.3, -0.25) is 0 Å². The van der Waals surface area contributed by atoms with Crippen molar-refractivity contribution in [3.05, 3.63) is 47.0 Å². The van der Waals surface area contributed by atoms with Gasteiger partial charge in [0.2, 0.25) is 15.8 Å². The Hall–Kier alpha value is -2.25. The van der Waals surface area contributed by atoms with E-state index in [9.17, 15) is 8.42 Å². The Morgan fingerprint density at radius 2 is 1.57 bits per heavy atom. The molecule has 152 valence electrons. The first-order valence-corrected chi connectivity index (χ1v) is 10.7. The van der Waals surface area contributed by atoms with Crippen LogP contribution in [0.4, 0.5) is 0 Å². The number of aryl methyl sites for hydroxylation is 2. The summed E-state index contributed by atoms with van der Waals surface area (Å²) in [4.78, 5) is 0.329. The maximum atomic E-state index is 13.1. The quantitative estimate of drug-likeness (QED) is 0.706. The zero-order chi connectivity index (χ0) is 20.3. The van der Waals surface area contributed by atoms with Crippen LogP contribution in [0.15, 0.2) is 35.2 Å². The average molecular weight is 406 g/mol. The van der Waals surface area contributed by atoms with Crippen molar-refractivity contribution < 1.29 is 22.6 Å². The summed E-state index contributed by atoms with van der Waals surface area (Å²) < 4.78 is 43.8. The van der Waals surface area contributed by atoms with Gasteiger partial charge >= 0.3 is 0 Å². The molecule has 0 radical (unpaired) electrons. The number of hydrogen-bond donors (Lipinski definition) is 0. The van der Waals surface area contributed by atoms with Crippen LogP contribution >= 0.6 is 0 Å². The Morgan fingerprint density at radius 1 is 0.893 bits per heavy atom. The summed E-state index contributed by atoms with van der Waals surface area (Å²) in [5.41, 5.74) is 3.10. The minimum absolute atomic E-state index is 0.156. The van der Waals surface area contributed by atoms with Gasteiger partial charge in [0.15, 0.2) is 11.5 Å². The lowest BCUT2D eigenvalue weighted by molar-refractivity contribution is 0.319. The van der Waals surface area contributed by atoms with Crippen molar-refractivity contribution in [1.29, 1.82) is 0 Å². The van der Waals surface area contributed by atoms with Crippen LogP contribution in [0.1, 0.15) is 29.5 Å². The summed E-state index contributed by atoms with van der Waals surface area (Å²) in [6.45, 7) is 0.156. The Kier molecular flexibility index (Phi) is 6.15. The van der Waals surface area contributed by atoms with Crippen LogP contribution in [-0.4, -0.2) is 41.1 Å². The molecule has 2 aromatic rings. The summed E-state index contributed by atoms with van der Waals surface area (Å²) in [5, 5.41) is 0. The molecule has 0 unspecified atom stereocenters. The van der Waals surface area contributed by atoms with Gasteiger partial charge in [0.05, 0.1) is 26.2 Å². The minimum atomic E-state index is -3.63. The van der Waals surface area contributed by atoms with Crippen molar-refractivity contribution in [1.82, 2.24) is 4.31 Å². The van der Waals surface area contributed by atoms with Crippen LogP contribution in [0.2, 0.25) is 0 Å². The lowest BCUT2D eigenvalue weighted by Crippen LogP contribution is -2.27. The minimum Gasteiger partial charge on any atom is -0.493 e. The van der Waals surface area contributed by atoms with Crippen LogP contribution in [0.25, 0.3) is 0 Å². The Balaban J connectivity index is 1.91. The smallest absolute Gasteiger partial charge is 0.243 e. The number of fused-ring (bicyclic) bond motifs is 1. The average Bonchev–Trinajstić information content (AvgIpc) is 2.72. The van der Waals surface area contributed by atoms with Gasteiger partial charge in [-0.1, -0.05) is 12.1 Å². The molecule has 0 fully saturated rings. The van der Waals surface area contributed by atoms with Crippen molar-refractivity contribution in [2.24, 2.45) is 0 Å². The van der Waals surface area contributed by atoms with Gasteiger partial charge in [0.25, 0.3) is 0 Å². The highest BCUT2D eigenvalue weighted by Gasteiger charge is 2.25. The first kappa shape index (κ1) is 20.5. The van der Waals surface area contributed by atoms with Crippen LogP contribution in [0.3, 0.4) is 0 Å². The lowest BCUT2D eigenvalue weighted by Gasteiger charge is -2.22. The van der Waals surface area contributed by atoms with Crippen LogP contribution < -0.4 is 14.2 Å². The monoisotopic (exact) mass is 405 g/mol. The number of benzene rings is 2. The van der Waals surface area contributed by atoms with E-state index < -0.39 is 10.0 Å². The number of methoxy groups -OCH3 is 3. The topological polar surface area (TPSA) is 65.1 Å². The van der Waals surface area contributed by atoms with E-state index in [1.165, 1.54) is 24.1 Å². The first-order valence-electron chi connectivity index (χ1n) is 9.28. The van der Waals surface area contributed by atoms with Crippen molar-refractivity contribution >= 4 is 10.0 Å². The molecule has 7 heteroatoms. The van der Waals surface area contributed by atoms with Gasteiger partial charge < -0.3 is 14.2 Å². The molecule has 0 aromatic heterocycles. The third-order valence-electron chi connectivity index (χ3n) is 5.21. The van der Waals surface area contributed by atoms with E-state index in [-0.39, 0.29) is 6.54 Å². The van der Waals surface area contributed by atoms with Crippen molar-refractivity contribution in [3.63, 3.8) is 0 Å². The van der Waals surface area contributed by atoms with Gasteiger partial charge in [-0.15, -0.1) is 0 Å². The molecule has 0 saturated carbocycles. The standard InChI is InChI=1S/C21H27NO5S/c1-22(14-17-10-12-19(25-2)21(27-4)20(17)26-3)28(23,24)18-11-9-15-7-5-6-8-16(15)13-18/h9-13H,5-8,14H2,1-4H3. The van der Waals surface area contributed by atoms with Gasteiger partial charge in [-0.05, 0) is 55.0 Å². The molecule has 0 heterocycles. The normalized spacial score (nSPS) is 13.9. The fourth-order valence-electron chi connectivity index (χ4n) is 3.66. The van der Waals surface area contributed by atoms with Gasteiger partial charge in [-0.25, -0.2) is 8.42 Å². The van der Waals surface area contributed by atoms with E-state index in [1.54, 1.807) is 32.4 Å². The predicted octanol–water partition coefficient (Wildman–Crippen LogP) is 3.41. The summed E-state index contributed by atoms with van der Waals surface area (Å²) in [5.74, 6) is 1.44. The molecule has 0 saturated heterocycles. The van der Waals surface area contributed by atoms with Crippen LogP contribution in [0, 0.1) is 0 Å². The van der Waals surface area contributed by atoms with Crippen molar-refractivity contribution in [2.75, 3.05) is 28.4 Å². The molecule has 0 spiro atoms. The molecule has 3 rings (SSSR count). The zero-order valence-corrected chi connectivity index (χ0v) is 17.6. The SMILES string of the molecule is COc1ccc(CN(C)S(=O)(=O)c2ccc3c(c2)CCCC3)c(OC)c1OC. The Bertz CT molecular complexity index is 956. The maximum Gasteiger partial charge on any atom is 0.243 e. The molecule has 0 amide bonds. The fraction of sp³-hybridized carbons (Fsp3) is 0.429. The molecular weight excluding hydrogens is 378 g/mol. The van der Waals surface area contributed by atoms with Gasteiger partial charge in [0, 0.05) is 19.2 Å². The summed E-state index contributed by atoms with van der Waals surface area (Å²) in [7, 11) is 2.55. The number of ether oxygens (including phenoxy) is 3. The van der Waals surface area contributed by atoms with Crippen LogP contribution in [0.5, 0.6) is 17.2 Å². The lowest BCUT2D eigenvalue weighted by atomic mass is 9.92. The summed E-state index contributed by atoms with van der Waals surface area (Å²) in [6, 6.07) is 9.02. The zero-order valence-electron chi connectivity index (χ0n) is 16.8. The van der Waals surface area contributed by atoms with E-state index in [1.807, 2.05) is 12.1 Å². The molecule has 28 heavy (non-hydrogen) atoms. The number of nitrogens with zero attached hydrogens (tertiary/aromatic N) is 1. The molecule has 0 N–H and O–H groups in total. The Morgan fingerprint density at radius 3 is 2.21 bits per heavy atom. The van der Waals surface area contributed by atoms with Crippen LogP contribution in [-0.2, 0) is 29.4 Å². The Labute approximate surface area is 167 Å². The third-order valence-corrected chi connectivity index (χ3v) is 7.01. The van der Waals surface area contributed by atoms with E-state index in [0.717, 1.165) is 31.2 Å². The van der Waals surface area contributed by atoms with Gasteiger partial charge in [-0.2, -0.15) is 4.31 Å². The number of rotatable bonds is 7. The summed E-state index contributed by atoms with van der Waals surface area (Å²) >= 11 is 0. The van der Waals surface area contributed by atoms with Gasteiger partial charge in [0.1, 0.15) is 0 Å². The molecule has 1 aliphatic carbocycles. The fourth-order valence-corrected chi connectivity index (χ4v) is 4.86. The second-order valence-corrected chi connectivity index (χ2v) is 8.94. The largest absolute Gasteiger partial charge is 0.493 e. The number of sulfonamides is 1. The van der Waals surface area contributed by atoms with Crippen molar-refractivity contribution in [2.45, 2.75) is 37.1 Å². The first-order chi connectivity index (χ1) is 13.4. The molecule has 0 atom stereocenters. The predicted molar refractivity (Wildman–Crippen MR) is 108 cm³/mol. The van der Waals surface area contributed by atoms with E-state index in [2.05, 4.69) is 0 Å². The molecule has 0 aliphatic heterocycles. The highest BCUT2D eigenvalue weighted by atomic mass is 32.2. The van der Waals surface area contributed by atoms with E-state index >= 15 is 0 Å². The molecule has 2 aromatic carbocycles. The second-order valence-electron chi connectivity index (χ2n) is 6.89. The van der Waals surface area contributed by atoms with E-state index in [4.69, 9.17) is 14.2 Å². The molecule has 6 nitrogen and oxygen atoms in total. The third kappa shape index (κ3) is 3.82. The highest BCUT2D eigenvalue weighted by molar-refractivity contribution is 7.89.